The summed E-state index contributed by atoms with van der Waals surface area (Å²) in [4.78, 5) is 9.49. The van der Waals surface area contributed by atoms with Crippen molar-refractivity contribution in [1.82, 2.24) is 9.97 Å². The average molecular weight is 335 g/mol. The van der Waals surface area contributed by atoms with Gasteiger partial charge in [-0.05, 0) is 42.7 Å². The first-order valence-electron chi connectivity index (χ1n) is 8.50. The fourth-order valence-corrected chi connectivity index (χ4v) is 2.93. The maximum atomic E-state index is 5.38. The lowest BCUT2D eigenvalue weighted by atomic mass is 10.2. The van der Waals surface area contributed by atoms with Crippen LogP contribution in [0.15, 0.2) is 42.5 Å². The number of rotatable bonds is 6. The minimum Gasteiger partial charge on any atom is -0.493 e. The van der Waals surface area contributed by atoms with Crippen molar-refractivity contribution in [3.8, 4) is 11.5 Å². The molecule has 0 atom stereocenters. The predicted molar refractivity (Wildman–Crippen MR) is 98.4 cm³/mol. The Morgan fingerprint density at radius 2 is 1.80 bits per heavy atom. The van der Waals surface area contributed by atoms with Gasteiger partial charge in [0, 0.05) is 17.8 Å². The Morgan fingerprint density at radius 1 is 1.00 bits per heavy atom. The minimum atomic E-state index is 0.520. The molecular weight excluding hydrogens is 314 g/mol. The highest BCUT2D eigenvalue weighted by Gasteiger charge is 2.27. The zero-order valence-corrected chi connectivity index (χ0v) is 14.5. The molecule has 5 nitrogen and oxygen atoms in total. The Labute approximate surface area is 147 Å². The molecule has 1 saturated carbocycles. The summed E-state index contributed by atoms with van der Waals surface area (Å²) in [6, 6.07) is 14.1. The van der Waals surface area contributed by atoms with Gasteiger partial charge in [-0.15, -0.1) is 0 Å². The Kier molecular flexibility index (Phi) is 4.14. The molecule has 0 radical (unpaired) electrons. The van der Waals surface area contributed by atoms with Crippen molar-refractivity contribution in [2.75, 3.05) is 19.5 Å². The fourth-order valence-electron chi connectivity index (χ4n) is 2.93. The molecule has 1 aliphatic rings. The summed E-state index contributed by atoms with van der Waals surface area (Å²) in [5.74, 6) is 3.82. The van der Waals surface area contributed by atoms with Crippen molar-refractivity contribution in [2.24, 2.45) is 0 Å². The zero-order chi connectivity index (χ0) is 17.2. The van der Waals surface area contributed by atoms with Gasteiger partial charge in [0.1, 0.15) is 11.6 Å². The normalized spacial score (nSPS) is 13.7. The third-order valence-corrected chi connectivity index (χ3v) is 4.47. The van der Waals surface area contributed by atoms with Gasteiger partial charge >= 0.3 is 0 Å². The van der Waals surface area contributed by atoms with Gasteiger partial charge in [-0.3, -0.25) is 0 Å². The zero-order valence-electron chi connectivity index (χ0n) is 14.5. The molecule has 1 aliphatic carbocycles. The molecule has 1 aromatic heterocycles. The summed E-state index contributed by atoms with van der Waals surface area (Å²) >= 11 is 0. The number of nitrogens with one attached hydrogen (secondary N) is 1. The van der Waals surface area contributed by atoms with E-state index in [2.05, 4.69) is 11.4 Å². The number of ether oxygens (including phenoxy) is 2. The van der Waals surface area contributed by atoms with Gasteiger partial charge in [0.25, 0.3) is 0 Å². The van der Waals surface area contributed by atoms with Crippen LogP contribution in [-0.2, 0) is 6.54 Å². The molecule has 0 unspecified atom stereocenters. The highest BCUT2D eigenvalue weighted by molar-refractivity contribution is 5.89. The van der Waals surface area contributed by atoms with Gasteiger partial charge in [0.2, 0.25) is 0 Å². The van der Waals surface area contributed by atoms with E-state index >= 15 is 0 Å². The van der Waals surface area contributed by atoms with Crippen LogP contribution >= 0.6 is 0 Å². The predicted octanol–water partition coefficient (Wildman–Crippen LogP) is 4.14. The molecule has 1 heterocycles. The Hall–Kier alpha value is -2.82. The third-order valence-electron chi connectivity index (χ3n) is 4.47. The molecule has 128 valence electrons. The number of benzene rings is 2. The van der Waals surface area contributed by atoms with Crippen molar-refractivity contribution >= 4 is 16.7 Å². The molecule has 3 aromatic rings. The lowest BCUT2D eigenvalue weighted by Crippen LogP contribution is -2.05. The van der Waals surface area contributed by atoms with E-state index in [0.717, 1.165) is 39.6 Å². The van der Waals surface area contributed by atoms with Crippen LogP contribution in [0.25, 0.3) is 10.9 Å². The summed E-state index contributed by atoms with van der Waals surface area (Å²) in [6.45, 7) is 0.658. The van der Waals surface area contributed by atoms with E-state index in [1.54, 1.807) is 14.2 Å². The van der Waals surface area contributed by atoms with Gasteiger partial charge in [-0.2, -0.15) is 0 Å². The van der Waals surface area contributed by atoms with Crippen molar-refractivity contribution in [3.63, 3.8) is 0 Å². The number of anilines is 1. The number of hydrogen-bond acceptors (Lipinski definition) is 5. The number of fused-ring (bicyclic) bond motifs is 1. The summed E-state index contributed by atoms with van der Waals surface area (Å²) in [7, 11) is 3.29. The highest BCUT2D eigenvalue weighted by atomic mass is 16.5. The third kappa shape index (κ3) is 3.22. The van der Waals surface area contributed by atoms with E-state index in [0.29, 0.717) is 12.5 Å². The molecule has 0 bridgehead atoms. The number of nitrogens with zero attached hydrogens (tertiary/aromatic N) is 2. The SMILES string of the molecule is COc1ccc(CNc2nc(C3CC3)nc3ccccc23)cc1OC. The fraction of sp³-hybridized carbons (Fsp3) is 0.300. The first-order chi connectivity index (χ1) is 12.3. The van der Waals surface area contributed by atoms with Crippen LogP contribution in [0.1, 0.15) is 30.1 Å². The summed E-state index contributed by atoms with van der Waals surface area (Å²) < 4.78 is 10.7. The Morgan fingerprint density at radius 3 is 2.56 bits per heavy atom. The monoisotopic (exact) mass is 335 g/mol. The van der Waals surface area contributed by atoms with Crippen LogP contribution in [-0.4, -0.2) is 24.2 Å². The molecule has 5 heteroatoms. The lowest BCUT2D eigenvalue weighted by molar-refractivity contribution is 0.354. The van der Waals surface area contributed by atoms with E-state index in [4.69, 9.17) is 19.4 Å². The van der Waals surface area contributed by atoms with Crippen LogP contribution < -0.4 is 14.8 Å². The number of aromatic nitrogens is 2. The van der Waals surface area contributed by atoms with Gasteiger partial charge in [0.15, 0.2) is 11.5 Å². The van der Waals surface area contributed by atoms with Gasteiger partial charge in [-0.25, -0.2) is 9.97 Å². The van der Waals surface area contributed by atoms with E-state index in [-0.39, 0.29) is 0 Å². The maximum absolute atomic E-state index is 5.38. The van der Waals surface area contributed by atoms with Crippen LogP contribution in [0.5, 0.6) is 11.5 Å². The largest absolute Gasteiger partial charge is 0.493 e. The first-order valence-corrected chi connectivity index (χ1v) is 8.50. The van der Waals surface area contributed by atoms with Crippen LogP contribution in [0.3, 0.4) is 0 Å². The summed E-state index contributed by atoms with van der Waals surface area (Å²) in [5, 5.41) is 4.52. The van der Waals surface area contributed by atoms with Gasteiger partial charge in [-0.1, -0.05) is 18.2 Å². The smallest absolute Gasteiger partial charge is 0.161 e. The topological polar surface area (TPSA) is 56.3 Å². The molecule has 0 aliphatic heterocycles. The first kappa shape index (κ1) is 15.7. The molecule has 25 heavy (non-hydrogen) atoms. The van der Waals surface area contributed by atoms with Crippen LogP contribution in [0.4, 0.5) is 5.82 Å². The van der Waals surface area contributed by atoms with Gasteiger partial charge < -0.3 is 14.8 Å². The van der Waals surface area contributed by atoms with Crippen LogP contribution in [0.2, 0.25) is 0 Å². The van der Waals surface area contributed by atoms with E-state index in [1.807, 2.05) is 36.4 Å². The number of para-hydroxylation sites is 1. The molecule has 1 fully saturated rings. The molecule has 2 aromatic carbocycles. The van der Waals surface area contributed by atoms with E-state index in [9.17, 15) is 0 Å². The highest BCUT2D eigenvalue weighted by Crippen LogP contribution is 2.39. The quantitative estimate of drug-likeness (QED) is 0.734. The van der Waals surface area contributed by atoms with Crippen molar-refractivity contribution in [1.29, 1.82) is 0 Å². The molecular formula is C20H21N3O2. The van der Waals surface area contributed by atoms with E-state index in [1.165, 1.54) is 12.8 Å². The Bertz CT molecular complexity index is 907. The molecule has 0 spiro atoms. The molecule has 0 amide bonds. The molecule has 4 rings (SSSR count). The van der Waals surface area contributed by atoms with Crippen molar-refractivity contribution in [2.45, 2.75) is 25.3 Å². The second-order valence-electron chi connectivity index (χ2n) is 6.26. The molecule has 1 N–H and O–H groups in total. The number of methoxy groups -OCH3 is 2. The second kappa shape index (κ2) is 6.59. The minimum absolute atomic E-state index is 0.520. The second-order valence-corrected chi connectivity index (χ2v) is 6.26. The van der Waals surface area contributed by atoms with Crippen molar-refractivity contribution in [3.05, 3.63) is 53.9 Å². The van der Waals surface area contributed by atoms with Crippen LogP contribution in [0, 0.1) is 0 Å². The maximum Gasteiger partial charge on any atom is 0.161 e. The molecule has 0 saturated heterocycles. The van der Waals surface area contributed by atoms with Crippen molar-refractivity contribution < 1.29 is 9.47 Å². The lowest BCUT2D eigenvalue weighted by Gasteiger charge is -2.12. The number of hydrogen-bond donors (Lipinski definition) is 1. The average Bonchev–Trinajstić information content (AvgIpc) is 3.51. The summed E-state index contributed by atoms with van der Waals surface area (Å²) in [5.41, 5.74) is 2.10. The standard InChI is InChI=1S/C20H21N3O2/c1-24-17-10-7-13(11-18(17)25-2)12-21-20-15-5-3-4-6-16(15)22-19(23-20)14-8-9-14/h3-7,10-11,14H,8-9,12H2,1-2H3,(H,21,22,23). The van der Waals surface area contributed by atoms with Gasteiger partial charge in [0.05, 0.1) is 19.7 Å². The Balaban J connectivity index is 1.62. The van der Waals surface area contributed by atoms with E-state index < -0.39 is 0 Å². The summed E-state index contributed by atoms with van der Waals surface area (Å²) in [6.07, 6.45) is 2.38.